The van der Waals surface area contributed by atoms with Gasteiger partial charge in [0.05, 0.1) is 28.6 Å². The standard InChI is InChI=1S/C30H20ClF2N9O4/c31-14-4-6-19(41-12-35-39-40-41)17(10-14)13-8-20-18(25-15(30(45)46)2-1-3-22(25)43)11-21(42(20)24(44)9-13)26-28(33)38-29(37-26)16-5-7-23(34)36-27(16)32/h1-10,12,18,21,43H,11H2,(H2,34,36)(H,37,38)(H,45,46)/t18?,21-/m0/s1. The number of imidazole rings is 1. The number of tetrazole rings is 1. The van der Waals surface area contributed by atoms with Crippen LogP contribution in [-0.2, 0) is 0 Å². The average molecular weight is 644 g/mol. The summed E-state index contributed by atoms with van der Waals surface area (Å²) in [4.78, 5) is 36.5. The SMILES string of the molecule is Nc1ccc(-c2nc(F)c([C@@H]3CC(c4c(O)cccc4C(=O)O)c4cc(-c5cc(Cl)ccc5-n5cnnn5)cc(=O)n43)[nH]2)c(F)n1. The number of aromatic amines is 1. The van der Waals surface area contributed by atoms with Crippen molar-refractivity contribution in [1.82, 2.24) is 39.7 Å². The number of nitrogen functional groups attached to an aromatic ring is 1. The lowest BCUT2D eigenvalue weighted by Gasteiger charge is -2.17. The quantitative estimate of drug-likeness (QED) is 0.190. The number of nitrogens with two attached hydrogens (primary N) is 1. The van der Waals surface area contributed by atoms with Crippen LogP contribution in [0.3, 0.4) is 0 Å². The Labute approximate surface area is 261 Å². The second kappa shape index (κ2) is 10.9. The Bertz CT molecular complexity index is 2240. The van der Waals surface area contributed by atoms with Crippen LogP contribution >= 0.6 is 11.6 Å². The van der Waals surface area contributed by atoms with Crippen molar-refractivity contribution >= 4 is 23.4 Å². The highest BCUT2D eigenvalue weighted by molar-refractivity contribution is 6.31. The average Bonchev–Trinajstić information content (AvgIpc) is 3.76. The zero-order valence-electron chi connectivity index (χ0n) is 23.3. The first kappa shape index (κ1) is 28.8. The van der Waals surface area contributed by atoms with Gasteiger partial charge in [-0.3, -0.25) is 4.79 Å². The number of carbonyl (C=O) groups is 1. The van der Waals surface area contributed by atoms with Crippen LogP contribution in [0.4, 0.5) is 14.6 Å². The van der Waals surface area contributed by atoms with Gasteiger partial charge in [-0.2, -0.15) is 18.4 Å². The number of carboxylic acid groups (broad SMARTS) is 1. The molecule has 16 heteroatoms. The van der Waals surface area contributed by atoms with Crippen LogP contribution in [0.15, 0.2) is 71.8 Å². The van der Waals surface area contributed by atoms with E-state index in [1.165, 1.54) is 52.0 Å². The number of benzene rings is 2. The number of rotatable bonds is 6. The Kier molecular flexibility index (Phi) is 6.81. The number of fused-ring (bicyclic) bond motifs is 1. The highest BCUT2D eigenvalue weighted by atomic mass is 35.5. The molecule has 1 aliphatic heterocycles. The molecular formula is C30H20ClF2N9O4. The summed E-state index contributed by atoms with van der Waals surface area (Å²) in [6.07, 6.45) is 1.30. The fourth-order valence-corrected chi connectivity index (χ4v) is 6.15. The number of hydrogen-bond acceptors (Lipinski definition) is 9. The van der Waals surface area contributed by atoms with Gasteiger partial charge >= 0.3 is 5.97 Å². The summed E-state index contributed by atoms with van der Waals surface area (Å²) in [6.45, 7) is 0. The van der Waals surface area contributed by atoms with E-state index in [0.29, 0.717) is 21.8 Å². The second-order valence-corrected chi connectivity index (χ2v) is 10.9. The molecule has 0 spiro atoms. The molecule has 5 N–H and O–H groups in total. The van der Waals surface area contributed by atoms with Crippen molar-refractivity contribution in [3.63, 3.8) is 0 Å². The normalized spacial score (nSPS) is 15.6. The summed E-state index contributed by atoms with van der Waals surface area (Å²) in [5, 5.41) is 32.6. The molecule has 6 aromatic rings. The van der Waals surface area contributed by atoms with Crippen molar-refractivity contribution in [2.24, 2.45) is 0 Å². The zero-order valence-corrected chi connectivity index (χ0v) is 24.0. The van der Waals surface area contributed by atoms with Crippen molar-refractivity contribution in [3.05, 3.63) is 117 Å². The first-order valence-corrected chi connectivity index (χ1v) is 14.0. The predicted octanol–water partition coefficient (Wildman–Crippen LogP) is 4.32. The van der Waals surface area contributed by atoms with E-state index in [1.54, 1.807) is 24.3 Å². The van der Waals surface area contributed by atoms with Gasteiger partial charge in [0.25, 0.3) is 5.56 Å². The van der Waals surface area contributed by atoms with Crippen molar-refractivity contribution in [2.45, 2.75) is 18.4 Å². The number of aromatic nitrogens is 8. The van der Waals surface area contributed by atoms with Crippen LogP contribution in [0.2, 0.25) is 5.02 Å². The molecule has 4 aromatic heterocycles. The molecule has 46 heavy (non-hydrogen) atoms. The topological polar surface area (TPSA) is 191 Å². The first-order chi connectivity index (χ1) is 22.1. The molecule has 1 unspecified atom stereocenters. The summed E-state index contributed by atoms with van der Waals surface area (Å²) < 4.78 is 32.9. The minimum absolute atomic E-state index is 0.0310. The summed E-state index contributed by atoms with van der Waals surface area (Å²) in [7, 11) is 0. The number of H-pyrrole nitrogens is 1. The second-order valence-electron chi connectivity index (χ2n) is 10.5. The third kappa shape index (κ3) is 4.73. The van der Waals surface area contributed by atoms with Gasteiger partial charge in [-0.05, 0) is 70.9 Å². The molecule has 1 aliphatic rings. The fraction of sp³-hybridized carbons (Fsp3) is 0.100. The van der Waals surface area contributed by atoms with Gasteiger partial charge in [-0.25, -0.2) is 9.78 Å². The van der Waals surface area contributed by atoms with Crippen molar-refractivity contribution < 1.29 is 23.8 Å². The third-order valence-corrected chi connectivity index (χ3v) is 8.13. The number of aromatic hydroxyl groups is 1. The predicted molar refractivity (Wildman–Crippen MR) is 160 cm³/mol. The van der Waals surface area contributed by atoms with Gasteiger partial charge in [0.2, 0.25) is 11.9 Å². The number of phenols is 1. The maximum absolute atomic E-state index is 15.6. The molecule has 0 amide bonds. The first-order valence-electron chi connectivity index (χ1n) is 13.6. The summed E-state index contributed by atoms with van der Waals surface area (Å²) in [5.74, 6) is -4.81. The summed E-state index contributed by atoms with van der Waals surface area (Å²) in [5.41, 5.74) is 6.10. The molecule has 13 nitrogen and oxygen atoms in total. The van der Waals surface area contributed by atoms with Crippen LogP contribution in [0.1, 0.15) is 45.7 Å². The number of hydrogen-bond donors (Lipinski definition) is 4. The molecular weight excluding hydrogens is 624 g/mol. The molecule has 0 bridgehead atoms. The molecule has 0 saturated heterocycles. The molecule has 7 rings (SSSR count). The molecule has 5 heterocycles. The van der Waals surface area contributed by atoms with E-state index in [0.717, 1.165) is 0 Å². The maximum atomic E-state index is 15.6. The number of nitrogens with zero attached hydrogens (tertiary/aromatic N) is 7. The number of nitrogens with one attached hydrogen (secondary N) is 1. The number of aromatic carboxylic acids is 1. The van der Waals surface area contributed by atoms with E-state index in [9.17, 15) is 24.2 Å². The van der Waals surface area contributed by atoms with Crippen LogP contribution in [0.25, 0.3) is 28.2 Å². The monoisotopic (exact) mass is 643 g/mol. The number of anilines is 1. The molecule has 2 aromatic carbocycles. The minimum atomic E-state index is -1.31. The minimum Gasteiger partial charge on any atom is -0.508 e. The summed E-state index contributed by atoms with van der Waals surface area (Å²) >= 11 is 6.35. The number of carboxylic acids is 1. The van der Waals surface area contributed by atoms with Crippen LogP contribution in [-0.4, -0.2) is 55.9 Å². The molecule has 0 saturated carbocycles. The lowest BCUT2D eigenvalue weighted by molar-refractivity contribution is 0.0694. The molecule has 0 radical (unpaired) electrons. The lowest BCUT2D eigenvalue weighted by Crippen LogP contribution is -2.24. The largest absolute Gasteiger partial charge is 0.508 e. The summed E-state index contributed by atoms with van der Waals surface area (Å²) in [6, 6.07) is 13.5. The molecule has 0 fully saturated rings. The Balaban J connectivity index is 1.45. The molecule has 230 valence electrons. The van der Waals surface area contributed by atoms with Crippen molar-refractivity contribution in [1.29, 1.82) is 0 Å². The van der Waals surface area contributed by atoms with E-state index in [1.807, 2.05) is 0 Å². The van der Waals surface area contributed by atoms with E-state index >= 15 is 4.39 Å². The van der Waals surface area contributed by atoms with Crippen LogP contribution in [0.5, 0.6) is 5.75 Å². The van der Waals surface area contributed by atoms with Gasteiger partial charge in [-0.15, -0.1) is 5.10 Å². The third-order valence-electron chi connectivity index (χ3n) is 7.90. The Morgan fingerprint density at radius 3 is 2.61 bits per heavy atom. The van der Waals surface area contributed by atoms with Gasteiger partial charge in [0.15, 0.2) is 0 Å². The van der Waals surface area contributed by atoms with E-state index < -0.39 is 35.4 Å². The van der Waals surface area contributed by atoms with E-state index in [4.69, 9.17) is 17.3 Å². The molecule has 0 aliphatic carbocycles. The lowest BCUT2D eigenvalue weighted by atomic mass is 9.87. The van der Waals surface area contributed by atoms with Crippen molar-refractivity contribution in [2.75, 3.05) is 5.73 Å². The molecule has 2 atom stereocenters. The van der Waals surface area contributed by atoms with Crippen LogP contribution in [0, 0.1) is 11.9 Å². The highest BCUT2D eigenvalue weighted by Crippen LogP contribution is 2.47. The number of pyridine rings is 2. The van der Waals surface area contributed by atoms with Crippen molar-refractivity contribution in [3.8, 4) is 34.0 Å². The Hall–Kier alpha value is -5.96. The number of phenolic OH excluding ortho intramolecular Hbond substituents is 1. The van der Waals surface area contributed by atoms with E-state index in [-0.39, 0.29) is 51.9 Å². The Morgan fingerprint density at radius 1 is 1.04 bits per heavy atom. The Morgan fingerprint density at radius 2 is 1.87 bits per heavy atom. The smallest absolute Gasteiger partial charge is 0.336 e. The maximum Gasteiger partial charge on any atom is 0.336 e. The van der Waals surface area contributed by atoms with Gasteiger partial charge in [0, 0.05) is 33.8 Å². The highest BCUT2D eigenvalue weighted by Gasteiger charge is 2.40. The van der Waals surface area contributed by atoms with Gasteiger partial charge < -0.3 is 25.5 Å². The number of halogens is 3. The van der Waals surface area contributed by atoms with Gasteiger partial charge in [-0.1, -0.05) is 17.7 Å². The van der Waals surface area contributed by atoms with E-state index in [2.05, 4.69) is 30.5 Å². The van der Waals surface area contributed by atoms with Crippen LogP contribution < -0.4 is 11.3 Å². The van der Waals surface area contributed by atoms with Gasteiger partial charge in [0.1, 0.15) is 23.7 Å². The zero-order chi connectivity index (χ0) is 32.3. The fourth-order valence-electron chi connectivity index (χ4n) is 5.98.